The molecule has 1 aromatic heterocycles. The van der Waals surface area contributed by atoms with Gasteiger partial charge >= 0.3 is 0 Å². The Morgan fingerprint density at radius 3 is 2.60 bits per heavy atom. The van der Waals surface area contributed by atoms with Gasteiger partial charge in [-0.1, -0.05) is 13.8 Å². The lowest BCUT2D eigenvalue weighted by atomic mass is 10.2. The largest absolute Gasteiger partial charge is 0.394 e. The molecular weight excluding hydrogens is 324 g/mol. The number of aromatic nitrogens is 1. The molecule has 0 aromatic carbocycles. The Kier molecular flexibility index (Phi) is 5.18. The first kappa shape index (κ1) is 13.1. The number of rotatable bonds is 4. The molecule has 1 rings (SSSR count). The van der Waals surface area contributed by atoms with Crippen LogP contribution in [0.2, 0.25) is 0 Å². The standard InChI is InChI=1S/C10H14Br2N2O/c1-6(2)14-9(5-15)10-8(12)3-7(11)4-13-10/h3-4,6,9,14-15H,5H2,1-2H3. The number of hydrogen-bond acceptors (Lipinski definition) is 3. The lowest BCUT2D eigenvalue weighted by Gasteiger charge is -2.19. The first-order valence-electron chi connectivity index (χ1n) is 4.72. The van der Waals surface area contributed by atoms with E-state index in [0.29, 0.717) is 6.04 Å². The summed E-state index contributed by atoms with van der Waals surface area (Å²) in [7, 11) is 0. The predicted octanol–water partition coefficient (Wildman–Crippen LogP) is 2.64. The van der Waals surface area contributed by atoms with Crippen molar-refractivity contribution in [2.45, 2.75) is 25.9 Å². The highest BCUT2D eigenvalue weighted by Crippen LogP contribution is 2.24. The van der Waals surface area contributed by atoms with Gasteiger partial charge in [-0.15, -0.1) is 0 Å². The van der Waals surface area contributed by atoms with E-state index in [1.54, 1.807) is 6.20 Å². The number of pyridine rings is 1. The Labute approximate surface area is 107 Å². The summed E-state index contributed by atoms with van der Waals surface area (Å²) in [6.45, 7) is 4.11. The zero-order valence-electron chi connectivity index (χ0n) is 8.67. The number of aliphatic hydroxyl groups excluding tert-OH is 1. The van der Waals surface area contributed by atoms with E-state index in [2.05, 4.69) is 42.2 Å². The zero-order valence-corrected chi connectivity index (χ0v) is 11.8. The van der Waals surface area contributed by atoms with Crippen molar-refractivity contribution in [1.29, 1.82) is 0 Å². The molecule has 1 atom stereocenters. The zero-order chi connectivity index (χ0) is 11.4. The molecule has 5 heteroatoms. The highest BCUT2D eigenvalue weighted by atomic mass is 79.9. The molecule has 1 heterocycles. The third-order valence-electron chi connectivity index (χ3n) is 1.88. The molecule has 3 nitrogen and oxygen atoms in total. The molecule has 0 bridgehead atoms. The van der Waals surface area contributed by atoms with Gasteiger partial charge in [0.2, 0.25) is 0 Å². The minimum absolute atomic E-state index is 0.0331. The van der Waals surface area contributed by atoms with E-state index in [4.69, 9.17) is 0 Å². The van der Waals surface area contributed by atoms with Crippen LogP contribution in [0, 0.1) is 0 Å². The van der Waals surface area contributed by atoms with Crippen molar-refractivity contribution in [2.24, 2.45) is 0 Å². The molecule has 0 radical (unpaired) electrons. The Balaban J connectivity index is 2.91. The molecule has 1 aromatic rings. The van der Waals surface area contributed by atoms with Crippen LogP contribution in [0.25, 0.3) is 0 Å². The highest BCUT2D eigenvalue weighted by molar-refractivity contribution is 9.11. The van der Waals surface area contributed by atoms with Crippen LogP contribution in [0.1, 0.15) is 25.6 Å². The maximum atomic E-state index is 9.29. The van der Waals surface area contributed by atoms with Crippen LogP contribution in [0.3, 0.4) is 0 Å². The van der Waals surface area contributed by atoms with Crippen LogP contribution in [0.4, 0.5) is 0 Å². The maximum absolute atomic E-state index is 9.29. The van der Waals surface area contributed by atoms with Crippen molar-refractivity contribution < 1.29 is 5.11 Å². The van der Waals surface area contributed by atoms with Crippen LogP contribution in [-0.2, 0) is 0 Å². The molecule has 1 unspecified atom stereocenters. The summed E-state index contributed by atoms with van der Waals surface area (Å²) in [5, 5.41) is 12.5. The third kappa shape index (κ3) is 3.83. The van der Waals surface area contributed by atoms with Gasteiger partial charge in [-0.25, -0.2) is 0 Å². The highest BCUT2D eigenvalue weighted by Gasteiger charge is 2.15. The normalized spacial score (nSPS) is 13.2. The van der Waals surface area contributed by atoms with Crippen molar-refractivity contribution in [3.05, 3.63) is 26.9 Å². The van der Waals surface area contributed by atoms with Crippen LogP contribution < -0.4 is 5.32 Å². The van der Waals surface area contributed by atoms with Gasteiger partial charge in [0.1, 0.15) is 0 Å². The molecular formula is C10H14Br2N2O. The van der Waals surface area contributed by atoms with E-state index in [0.717, 1.165) is 14.6 Å². The quantitative estimate of drug-likeness (QED) is 0.887. The second kappa shape index (κ2) is 5.94. The number of hydrogen-bond donors (Lipinski definition) is 2. The number of nitrogens with one attached hydrogen (secondary N) is 1. The predicted molar refractivity (Wildman–Crippen MR) is 67.7 cm³/mol. The van der Waals surface area contributed by atoms with Gasteiger partial charge in [-0.05, 0) is 37.9 Å². The van der Waals surface area contributed by atoms with Crippen LogP contribution in [-0.4, -0.2) is 22.7 Å². The molecule has 0 saturated heterocycles. The van der Waals surface area contributed by atoms with Gasteiger partial charge in [-0.3, -0.25) is 4.98 Å². The van der Waals surface area contributed by atoms with E-state index in [1.807, 2.05) is 19.9 Å². The number of aliphatic hydroxyl groups is 1. The van der Waals surface area contributed by atoms with E-state index in [9.17, 15) is 5.11 Å². The molecule has 0 saturated carbocycles. The van der Waals surface area contributed by atoms with Crippen molar-refractivity contribution in [3.63, 3.8) is 0 Å². The van der Waals surface area contributed by atoms with Crippen LogP contribution in [0.5, 0.6) is 0 Å². The minimum Gasteiger partial charge on any atom is -0.394 e. The monoisotopic (exact) mass is 336 g/mol. The van der Waals surface area contributed by atoms with Gasteiger partial charge in [0, 0.05) is 21.2 Å². The Morgan fingerprint density at radius 1 is 1.47 bits per heavy atom. The van der Waals surface area contributed by atoms with Gasteiger partial charge < -0.3 is 10.4 Å². The SMILES string of the molecule is CC(C)NC(CO)c1ncc(Br)cc1Br. The molecule has 0 spiro atoms. The summed E-state index contributed by atoms with van der Waals surface area (Å²) in [6.07, 6.45) is 1.73. The van der Waals surface area contributed by atoms with Gasteiger partial charge in [0.15, 0.2) is 0 Å². The molecule has 0 aliphatic rings. The van der Waals surface area contributed by atoms with Crippen molar-refractivity contribution in [3.8, 4) is 0 Å². The average Bonchev–Trinajstić information content (AvgIpc) is 2.14. The Bertz CT molecular complexity index is 331. The summed E-state index contributed by atoms with van der Waals surface area (Å²) in [4.78, 5) is 4.29. The summed E-state index contributed by atoms with van der Waals surface area (Å²) in [5.41, 5.74) is 0.828. The van der Waals surface area contributed by atoms with Crippen LogP contribution >= 0.6 is 31.9 Å². The summed E-state index contributed by atoms with van der Waals surface area (Å²) in [6, 6.07) is 2.10. The second-order valence-electron chi connectivity index (χ2n) is 3.58. The lowest BCUT2D eigenvalue weighted by molar-refractivity contribution is 0.234. The van der Waals surface area contributed by atoms with Gasteiger partial charge in [-0.2, -0.15) is 0 Å². The average molecular weight is 338 g/mol. The fourth-order valence-corrected chi connectivity index (χ4v) is 2.57. The van der Waals surface area contributed by atoms with Crippen LogP contribution in [0.15, 0.2) is 21.2 Å². The topological polar surface area (TPSA) is 45.1 Å². The lowest BCUT2D eigenvalue weighted by Crippen LogP contribution is -2.31. The van der Waals surface area contributed by atoms with Gasteiger partial charge in [0.05, 0.1) is 18.3 Å². The number of nitrogens with zero attached hydrogens (tertiary/aromatic N) is 1. The molecule has 0 aliphatic heterocycles. The molecule has 84 valence electrons. The third-order valence-corrected chi connectivity index (χ3v) is 2.95. The van der Waals surface area contributed by atoms with E-state index in [-0.39, 0.29) is 12.6 Å². The second-order valence-corrected chi connectivity index (χ2v) is 5.35. The summed E-state index contributed by atoms with van der Waals surface area (Å²) in [5.74, 6) is 0. The molecule has 0 fully saturated rings. The summed E-state index contributed by atoms with van der Waals surface area (Å²) < 4.78 is 1.81. The molecule has 15 heavy (non-hydrogen) atoms. The first-order chi connectivity index (χ1) is 7.04. The smallest absolute Gasteiger partial charge is 0.0743 e. The summed E-state index contributed by atoms with van der Waals surface area (Å²) >= 11 is 6.78. The number of halogens is 2. The van der Waals surface area contributed by atoms with E-state index >= 15 is 0 Å². The molecule has 2 N–H and O–H groups in total. The van der Waals surface area contributed by atoms with Gasteiger partial charge in [0.25, 0.3) is 0 Å². The first-order valence-corrected chi connectivity index (χ1v) is 6.31. The Morgan fingerprint density at radius 2 is 2.13 bits per heavy atom. The van der Waals surface area contributed by atoms with Crippen molar-refractivity contribution in [2.75, 3.05) is 6.61 Å². The maximum Gasteiger partial charge on any atom is 0.0743 e. The molecule has 0 amide bonds. The van der Waals surface area contributed by atoms with Crippen molar-refractivity contribution in [1.82, 2.24) is 10.3 Å². The fraction of sp³-hybridized carbons (Fsp3) is 0.500. The Hall–Kier alpha value is 0.0300. The van der Waals surface area contributed by atoms with Crippen molar-refractivity contribution >= 4 is 31.9 Å². The fourth-order valence-electron chi connectivity index (χ4n) is 1.30. The van der Waals surface area contributed by atoms with E-state index in [1.165, 1.54) is 0 Å². The molecule has 0 aliphatic carbocycles. The van der Waals surface area contributed by atoms with E-state index < -0.39 is 0 Å². The minimum atomic E-state index is -0.132.